The SMILES string of the molecule is CC1(C)CC(=O)C2=C(C1)Nc1n[nH]c(-c3ccccc3)c1C2c1ccccc1Cl. The number of H-pyrrole nitrogens is 1. The summed E-state index contributed by atoms with van der Waals surface area (Å²) in [6, 6.07) is 17.9. The Kier molecular flexibility index (Phi) is 4.14. The lowest BCUT2D eigenvalue weighted by Gasteiger charge is -2.38. The second-order valence-electron chi connectivity index (χ2n) is 8.64. The first kappa shape index (κ1) is 18.2. The van der Waals surface area contributed by atoms with Crippen LogP contribution in [0.25, 0.3) is 11.3 Å². The number of aromatic amines is 1. The van der Waals surface area contributed by atoms with Gasteiger partial charge in [-0.2, -0.15) is 5.10 Å². The van der Waals surface area contributed by atoms with Gasteiger partial charge >= 0.3 is 0 Å². The largest absolute Gasteiger partial charge is 0.342 e. The van der Waals surface area contributed by atoms with Crippen molar-refractivity contribution in [2.75, 3.05) is 5.32 Å². The molecule has 0 saturated heterocycles. The van der Waals surface area contributed by atoms with Crippen LogP contribution >= 0.6 is 11.6 Å². The van der Waals surface area contributed by atoms with Crippen LogP contribution in [-0.2, 0) is 4.79 Å². The van der Waals surface area contributed by atoms with Gasteiger partial charge in [-0.25, -0.2) is 0 Å². The lowest BCUT2D eigenvalue weighted by Crippen LogP contribution is -2.33. The Bertz CT molecular complexity index is 1140. The fraction of sp³-hybridized carbons (Fsp3) is 0.250. The third kappa shape index (κ3) is 2.99. The van der Waals surface area contributed by atoms with Gasteiger partial charge in [0.05, 0.1) is 5.69 Å². The number of ketones is 1. The molecule has 2 heterocycles. The normalized spacial score (nSPS) is 20.1. The minimum Gasteiger partial charge on any atom is -0.342 e. The molecule has 2 aromatic carbocycles. The number of nitrogens with zero attached hydrogens (tertiary/aromatic N) is 1. The van der Waals surface area contributed by atoms with Crippen LogP contribution in [0.2, 0.25) is 5.02 Å². The molecule has 1 aliphatic carbocycles. The highest BCUT2D eigenvalue weighted by molar-refractivity contribution is 6.31. The van der Waals surface area contributed by atoms with Crippen molar-refractivity contribution in [1.82, 2.24) is 10.2 Å². The van der Waals surface area contributed by atoms with Gasteiger partial charge in [0, 0.05) is 34.2 Å². The second-order valence-corrected chi connectivity index (χ2v) is 9.05. The Morgan fingerprint density at radius 2 is 1.76 bits per heavy atom. The molecule has 0 radical (unpaired) electrons. The Labute approximate surface area is 175 Å². The lowest BCUT2D eigenvalue weighted by atomic mass is 9.69. The lowest BCUT2D eigenvalue weighted by molar-refractivity contribution is -0.118. The van der Waals surface area contributed by atoms with Crippen LogP contribution in [0.4, 0.5) is 5.82 Å². The summed E-state index contributed by atoms with van der Waals surface area (Å²) in [5.41, 5.74) is 5.59. The summed E-state index contributed by atoms with van der Waals surface area (Å²) in [5, 5.41) is 11.9. The predicted octanol–water partition coefficient (Wildman–Crippen LogP) is 5.93. The predicted molar refractivity (Wildman–Crippen MR) is 116 cm³/mol. The van der Waals surface area contributed by atoms with Crippen LogP contribution in [0.5, 0.6) is 0 Å². The zero-order valence-electron chi connectivity index (χ0n) is 16.4. The molecule has 0 amide bonds. The van der Waals surface area contributed by atoms with E-state index in [9.17, 15) is 4.79 Å². The van der Waals surface area contributed by atoms with Crippen molar-refractivity contribution in [2.45, 2.75) is 32.6 Å². The molecular formula is C24H22ClN3O. The maximum absolute atomic E-state index is 13.3. The van der Waals surface area contributed by atoms with Crippen LogP contribution < -0.4 is 5.32 Å². The zero-order valence-corrected chi connectivity index (χ0v) is 17.2. The first-order valence-corrected chi connectivity index (χ1v) is 10.2. The fourth-order valence-corrected chi connectivity index (χ4v) is 4.89. The molecule has 2 aliphatic rings. The molecule has 3 aromatic rings. The Morgan fingerprint density at radius 3 is 2.52 bits per heavy atom. The maximum Gasteiger partial charge on any atom is 0.162 e. The summed E-state index contributed by atoms with van der Waals surface area (Å²) in [4.78, 5) is 13.3. The molecule has 29 heavy (non-hydrogen) atoms. The van der Waals surface area contributed by atoms with Crippen molar-refractivity contribution in [3.63, 3.8) is 0 Å². The third-order valence-electron chi connectivity index (χ3n) is 5.85. The van der Waals surface area contributed by atoms with E-state index in [4.69, 9.17) is 11.6 Å². The van der Waals surface area contributed by atoms with E-state index >= 15 is 0 Å². The van der Waals surface area contributed by atoms with Crippen molar-refractivity contribution >= 4 is 23.2 Å². The third-order valence-corrected chi connectivity index (χ3v) is 6.19. The molecule has 0 saturated carbocycles. The molecular weight excluding hydrogens is 382 g/mol. The van der Waals surface area contributed by atoms with Gasteiger partial charge in [0.2, 0.25) is 0 Å². The minimum absolute atomic E-state index is 0.0793. The van der Waals surface area contributed by atoms with Crippen molar-refractivity contribution < 1.29 is 4.79 Å². The molecule has 0 spiro atoms. The molecule has 2 N–H and O–H groups in total. The number of rotatable bonds is 2. The van der Waals surface area contributed by atoms with Crippen LogP contribution in [0, 0.1) is 5.41 Å². The van der Waals surface area contributed by atoms with E-state index < -0.39 is 0 Å². The van der Waals surface area contributed by atoms with E-state index in [1.165, 1.54) is 0 Å². The number of Topliss-reactive ketones (excluding diaryl/α,β-unsaturated/α-hetero) is 1. The van der Waals surface area contributed by atoms with E-state index in [1.807, 2.05) is 54.6 Å². The van der Waals surface area contributed by atoms with Gasteiger partial charge < -0.3 is 5.32 Å². The average molecular weight is 404 g/mol. The average Bonchev–Trinajstić information content (AvgIpc) is 3.10. The quantitative estimate of drug-likeness (QED) is 0.557. The van der Waals surface area contributed by atoms with Gasteiger partial charge in [0.25, 0.3) is 0 Å². The molecule has 0 bridgehead atoms. The highest BCUT2D eigenvalue weighted by Gasteiger charge is 2.43. The van der Waals surface area contributed by atoms with Gasteiger partial charge in [0.15, 0.2) is 11.6 Å². The van der Waals surface area contributed by atoms with E-state index in [-0.39, 0.29) is 17.1 Å². The molecule has 1 aliphatic heterocycles. The molecule has 5 heteroatoms. The van der Waals surface area contributed by atoms with Crippen LogP contribution in [-0.4, -0.2) is 16.0 Å². The highest BCUT2D eigenvalue weighted by Crippen LogP contribution is 2.51. The summed E-state index contributed by atoms with van der Waals surface area (Å²) in [5.74, 6) is 0.713. The Hall–Kier alpha value is -2.85. The van der Waals surface area contributed by atoms with Gasteiger partial charge in [-0.1, -0.05) is 74.0 Å². The van der Waals surface area contributed by atoms with E-state index in [2.05, 4.69) is 29.4 Å². The molecule has 1 aromatic heterocycles. The van der Waals surface area contributed by atoms with Gasteiger partial charge in [-0.15, -0.1) is 0 Å². The standard InChI is InChI=1S/C24H22ClN3O/c1-24(2)12-17-20(18(29)13-24)19(15-10-6-7-11-16(15)25)21-22(27-28-23(21)26-17)14-8-4-3-5-9-14/h3-11,19H,12-13H2,1-2H3,(H2,26,27,28). The number of allylic oxidation sites excluding steroid dienone is 2. The summed E-state index contributed by atoms with van der Waals surface area (Å²) in [7, 11) is 0. The summed E-state index contributed by atoms with van der Waals surface area (Å²) in [6.07, 6.45) is 1.34. The van der Waals surface area contributed by atoms with Crippen LogP contribution in [0.3, 0.4) is 0 Å². The number of benzene rings is 2. The zero-order chi connectivity index (χ0) is 20.2. The first-order valence-electron chi connectivity index (χ1n) is 9.86. The summed E-state index contributed by atoms with van der Waals surface area (Å²) < 4.78 is 0. The summed E-state index contributed by atoms with van der Waals surface area (Å²) in [6.45, 7) is 4.27. The summed E-state index contributed by atoms with van der Waals surface area (Å²) >= 11 is 6.64. The van der Waals surface area contributed by atoms with Crippen molar-refractivity contribution in [3.05, 3.63) is 82.0 Å². The molecule has 4 nitrogen and oxygen atoms in total. The number of anilines is 1. The van der Waals surface area contributed by atoms with Crippen molar-refractivity contribution in [1.29, 1.82) is 0 Å². The number of carbonyl (C=O) groups excluding carboxylic acids is 1. The van der Waals surface area contributed by atoms with Gasteiger partial charge in [-0.05, 0) is 29.0 Å². The molecule has 0 fully saturated rings. The van der Waals surface area contributed by atoms with E-state index in [1.54, 1.807) is 0 Å². The number of nitrogens with one attached hydrogen (secondary N) is 2. The van der Waals surface area contributed by atoms with Crippen LogP contribution in [0.15, 0.2) is 65.9 Å². The smallest absolute Gasteiger partial charge is 0.162 e. The van der Waals surface area contributed by atoms with Gasteiger partial charge in [-0.3, -0.25) is 9.89 Å². The topological polar surface area (TPSA) is 57.8 Å². The highest BCUT2D eigenvalue weighted by atomic mass is 35.5. The van der Waals surface area contributed by atoms with E-state index in [0.29, 0.717) is 11.4 Å². The number of halogens is 1. The van der Waals surface area contributed by atoms with Gasteiger partial charge in [0.1, 0.15) is 0 Å². The molecule has 5 rings (SSSR count). The molecule has 1 atom stereocenters. The minimum atomic E-state index is -0.243. The number of fused-ring (bicyclic) bond motifs is 1. The molecule has 146 valence electrons. The monoisotopic (exact) mass is 403 g/mol. The van der Waals surface area contributed by atoms with Crippen molar-refractivity contribution in [2.24, 2.45) is 5.41 Å². The molecule has 1 unspecified atom stereocenters. The maximum atomic E-state index is 13.3. The van der Waals surface area contributed by atoms with Crippen LogP contribution in [0.1, 0.15) is 43.7 Å². The first-order chi connectivity index (χ1) is 13.9. The Balaban J connectivity index is 1.77. The number of aromatic nitrogens is 2. The van der Waals surface area contributed by atoms with E-state index in [0.717, 1.165) is 45.9 Å². The fourth-order valence-electron chi connectivity index (χ4n) is 4.64. The Morgan fingerprint density at radius 1 is 1.03 bits per heavy atom. The second kappa shape index (κ2) is 6.60. The van der Waals surface area contributed by atoms with Crippen molar-refractivity contribution in [3.8, 4) is 11.3 Å². The number of carbonyl (C=O) groups is 1. The number of hydrogen-bond donors (Lipinski definition) is 2. The number of hydrogen-bond acceptors (Lipinski definition) is 3.